The molecule has 1 aromatic rings. The maximum Gasteiger partial charge on any atom is 0.315 e. The maximum absolute atomic E-state index is 12.2. The van der Waals surface area contributed by atoms with Gasteiger partial charge >= 0.3 is 6.03 Å². The zero-order valence-corrected chi connectivity index (χ0v) is 14.3. The number of carbonyl (C=O) groups excluding carboxylic acids is 1. The van der Waals surface area contributed by atoms with Crippen LogP contribution in [-0.4, -0.2) is 36.5 Å². The Labute approximate surface area is 136 Å². The molecule has 0 aromatic carbocycles. The molecule has 1 unspecified atom stereocenters. The topological polar surface area (TPSA) is 70.6 Å². The van der Waals surface area contributed by atoms with Crippen LogP contribution in [-0.2, 0) is 4.74 Å². The minimum absolute atomic E-state index is 0.0585. The van der Waals surface area contributed by atoms with Crippen molar-refractivity contribution in [2.75, 3.05) is 19.8 Å². The molecule has 2 amide bonds. The highest BCUT2D eigenvalue weighted by Crippen LogP contribution is 2.35. The summed E-state index contributed by atoms with van der Waals surface area (Å²) in [5.74, 6) is 0. The third-order valence-electron chi connectivity index (χ3n) is 3.97. The lowest BCUT2D eigenvalue weighted by atomic mass is 9.86. The number of carbonyl (C=O) groups is 1. The van der Waals surface area contributed by atoms with Crippen molar-refractivity contribution in [2.45, 2.75) is 45.3 Å². The van der Waals surface area contributed by atoms with Crippen LogP contribution < -0.4 is 10.6 Å². The third-order valence-corrected chi connectivity index (χ3v) is 4.91. The highest BCUT2D eigenvalue weighted by Gasteiger charge is 2.32. The van der Waals surface area contributed by atoms with E-state index in [0.29, 0.717) is 26.1 Å². The van der Waals surface area contributed by atoms with E-state index in [1.807, 2.05) is 17.5 Å². The molecule has 124 valence electrons. The molecule has 1 fully saturated rings. The van der Waals surface area contributed by atoms with Crippen LogP contribution in [0.3, 0.4) is 0 Å². The van der Waals surface area contributed by atoms with Crippen LogP contribution in [0.15, 0.2) is 17.5 Å². The minimum Gasteiger partial charge on any atom is -0.388 e. The first kappa shape index (κ1) is 17.2. The highest BCUT2D eigenvalue weighted by molar-refractivity contribution is 7.10. The fourth-order valence-electron chi connectivity index (χ4n) is 2.53. The zero-order chi connectivity index (χ0) is 16.2. The van der Waals surface area contributed by atoms with Gasteiger partial charge in [-0.05, 0) is 16.9 Å². The van der Waals surface area contributed by atoms with Gasteiger partial charge in [0.1, 0.15) is 0 Å². The Balaban J connectivity index is 1.91. The number of ether oxygens (including phenoxy) is 1. The molecule has 0 saturated carbocycles. The Morgan fingerprint density at radius 1 is 1.45 bits per heavy atom. The molecule has 1 aliphatic rings. The molecule has 6 heteroatoms. The SMILES string of the molecule is CC(C)(C)C(NC(=O)NCC1(O)CCOCC1)c1cccs1. The predicted octanol–water partition coefficient (Wildman–Crippen LogP) is 2.68. The second-order valence-corrected chi connectivity index (χ2v) is 7.96. The Morgan fingerprint density at radius 2 is 2.14 bits per heavy atom. The Kier molecular flexibility index (Phi) is 5.47. The van der Waals surface area contributed by atoms with E-state index in [1.165, 1.54) is 0 Å². The molecule has 0 bridgehead atoms. The van der Waals surface area contributed by atoms with Gasteiger partial charge in [-0.1, -0.05) is 26.8 Å². The summed E-state index contributed by atoms with van der Waals surface area (Å²) in [4.78, 5) is 13.4. The number of hydrogen-bond acceptors (Lipinski definition) is 4. The number of hydrogen-bond donors (Lipinski definition) is 3. The molecule has 3 N–H and O–H groups in total. The molecule has 22 heavy (non-hydrogen) atoms. The zero-order valence-electron chi connectivity index (χ0n) is 13.5. The van der Waals surface area contributed by atoms with Crippen molar-refractivity contribution in [2.24, 2.45) is 5.41 Å². The van der Waals surface area contributed by atoms with Crippen LogP contribution in [0.1, 0.15) is 44.5 Å². The largest absolute Gasteiger partial charge is 0.388 e. The summed E-state index contributed by atoms with van der Waals surface area (Å²) < 4.78 is 5.24. The molecular formula is C16H26N2O3S. The van der Waals surface area contributed by atoms with E-state index >= 15 is 0 Å². The van der Waals surface area contributed by atoms with E-state index in [4.69, 9.17) is 4.74 Å². The Hall–Kier alpha value is -1.11. The lowest BCUT2D eigenvalue weighted by Crippen LogP contribution is -2.50. The Morgan fingerprint density at radius 3 is 2.68 bits per heavy atom. The monoisotopic (exact) mass is 326 g/mol. The second-order valence-electron chi connectivity index (χ2n) is 6.98. The maximum atomic E-state index is 12.2. The Bertz CT molecular complexity index is 476. The number of rotatable bonds is 4. The van der Waals surface area contributed by atoms with Gasteiger partial charge < -0.3 is 20.5 Å². The van der Waals surface area contributed by atoms with Crippen molar-refractivity contribution in [3.8, 4) is 0 Å². The number of amides is 2. The van der Waals surface area contributed by atoms with Crippen molar-refractivity contribution < 1.29 is 14.6 Å². The first-order valence-corrected chi connectivity index (χ1v) is 8.56. The van der Waals surface area contributed by atoms with Crippen LogP contribution in [0.25, 0.3) is 0 Å². The molecule has 0 aliphatic carbocycles. The van der Waals surface area contributed by atoms with Crippen LogP contribution in [0.4, 0.5) is 4.79 Å². The fraction of sp³-hybridized carbons (Fsp3) is 0.688. The van der Waals surface area contributed by atoms with Crippen molar-refractivity contribution in [1.82, 2.24) is 10.6 Å². The molecule has 2 heterocycles. The van der Waals surface area contributed by atoms with Crippen LogP contribution in [0.5, 0.6) is 0 Å². The van der Waals surface area contributed by atoms with Gasteiger partial charge in [-0.3, -0.25) is 0 Å². The van der Waals surface area contributed by atoms with Gasteiger partial charge in [-0.25, -0.2) is 4.79 Å². The number of nitrogens with one attached hydrogen (secondary N) is 2. The van der Waals surface area contributed by atoms with Crippen molar-refractivity contribution in [3.05, 3.63) is 22.4 Å². The highest BCUT2D eigenvalue weighted by atomic mass is 32.1. The summed E-state index contributed by atoms with van der Waals surface area (Å²) in [7, 11) is 0. The predicted molar refractivity (Wildman–Crippen MR) is 88.1 cm³/mol. The van der Waals surface area contributed by atoms with Crippen molar-refractivity contribution in [1.29, 1.82) is 0 Å². The van der Waals surface area contributed by atoms with E-state index in [-0.39, 0.29) is 24.0 Å². The van der Waals surface area contributed by atoms with Gasteiger partial charge in [-0.2, -0.15) is 0 Å². The molecule has 1 aliphatic heterocycles. The number of urea groups is 1. The van der Waals surface area contributed by atoms with Crippen LogP contribution in [0, 0.1) is 5.41 Å². The summed E-state index contributed by atoms with van der Waals surface area (Å²) in [5.41, 5.74) is -0.937. The summed E-state index contributed by atoms with van der Waals surface area (Å²) in [6, 6.07) is 3.72. The molecule has 0 spiro atoms. The van der Waals surface area contributed by atoms with Crippen molar-refractivity contribution >= 4 is 17.4 Å². The van der Waals surface area contributed by atoms with Gasteiger partial charge in [0.2, 0.25) is 0 Å². The molecular weight excluding hydrogens is 300 g/mol. The number of aliphatic hydroxyl groups is 1. The van der Waals surface area contributed by atoms with E-state index in [2.05, 4.69) is 31.4 Å². The van der Waals surface area contributed by atoms with Gasteiger partial charge in [-0.15, -0.1) is 11.3 Å². The van der Waals surface area contributed by atoms with E-state index in [9.17, 15) is 9.90 Å². The quantitative estimate of drug-likeness (QED) is 0.797. The summed E-state index contributed by atoms with van der Waals surface area (Å²) >= 11 is 1.64. The van der Waals surface area contributed by atoms with E-state index in [0.717, 1.165) is 4.88 Å². The average Bonchev–Trinajstić information content (AvgIpc) is 2.96. The lowest BCUT2D eigenvalue weighted by molar-refractivity contribution is -0.0601. The fourth-order valence-corrected chi connectivity index (χ4v) is 3.54. The standard InChI is InChI=1S/C16H26N2O3S/c1-15(2,3)13(12-5-4-10-22-12)18-14(19)17-11-16(20)6-8-21-9-7-16/h4-5,10,13,20H,6-9,11H2,1-3H3,(H2,17,18,19). The molecule has 1 atom stereocenters. The molecule has 2 rings (SSSR count). The van der Waals surface area contributed by atoms with Crippen LogP contribution >= 0.6 is 11.3 Å². The van der Waals surface area contributed by atoms with Gasteiger partial charge in [0.25, 0.3) is 0 Å². The average molecular weight is 326 g/mol. The number of thiophene rings is 1. The lowest BCUT2D eigenvalue weighted by Gasteiger charge is -2.34. The normalized spacial score (nSPS) is 19.5. The summed E-state index contributed by atoms with van der Waals surface area (Å²) in [5, 5.41) is 18.2. The van der Waals surface area contributed by atoms with E-state index < -0.39 is 5.60 Å². The van der Waals surface area contributed by atoms with Gasteiger partial charge in [0.05, 0.1) is 11.6 Å². The first-order chi connectivity index (χ1) is 10.3. The van der Waals surface area contributed by atoms with E-state index in [1.54, 1.807) is 11.3 Å². The first-order valence-electron chi connectivity index (χ1n) is 7.68. The molecule has 1 saturated heterocycles. The van der Waals surface area contributed by atoms with Gasteiger partial charge in [0.15, 0.2) is 0 Å². The van der Waals surface area contributed by atoms with Gasteiger partial charge in [0, 0.05) is 37.5 Å². The second kappa shape index (κ2) is 6.98. The summed E-state index contributed by atoms with van der Waals surface area (Å²) in [6.07, 6.45) is 1.11. The van der Waals surface area contributed by atoms with Crippen molar-refractivity contribution in [3.63, 3.8) is 0 Å². The molecule has 0 radical (unpaired) electrons. The minimum atomic E-state index is -0.851. The third kappa shape index (κ3) is 4.69. The van der Waals surface area contributed by atoms with Crippen LogP contribution in [0.2, 0.25) is 0 Å². The smallest absolute Gasteiger partial charge is 0.315 e. The molecule has 5 nitrogen and oxygen atoms in total. The summed E-state index contributed by atoms with van der Waals surface area (Å²) in [6.45, 7) is 7.64. The molecule has 1 aromatic heterocycles.